The summed E-state index contributed by atoms with van der Waals surface area (Å²) in [4.78, 5) is 29.2. The quantitative estimate of drug-likeness (QED) is 0.585. The van der Waals surface area contributed by atoms with Crippen molar-refractivity contribution in [3.63, 3.8) is 0 Å². The average molecular weight is 382 g/mol. The molecule has 2 aromatic carbocycles. The highest BCUT2D eigenvalue weighted by Gasteiger charge is 2.15. The molecule has 4 rings (SSSR count). The van der Waals surface area contributed by atoms with Crippen LogP contribution in [0, 0.1) is 0 Å². The maximum Gasteiger partial charge on any atom is 0.261 e. The highest BCUT2D eigenvalue weighted by atomic mass is 35.5. The van der Waals surface area contributed by atoms with Gasteiger partial charge in [-0.3, -0.25) is 14.2 Å². The number of furan rings is 1. The largest absolute Gasteiger partial charge is 0.459 e. The fourth-order valence-electron chi connectivity index (χ4n) is 2.97. The van der Waals surface area contributed by atoms with Gasteiger partial charge in [-0.2, -0.15) is 0 Å². The molecule has 0 spiro atoms. The van der Waals surface area contributed by atoms with Gasteiger partial charge in [0.25, 0.3) is 5.56 Å². The summed E-state index contributed by atoms with van der Waals surface area (Å²) in [6.07, 6.45) is 1.37. The number of aromatic nitrogens is 2. The summed E-state index contributed by atoms with van der Waals surface area (Å²) >= 11 is 5.95. The molecule has 0 radical (unpaired) electrons. The van der Waals surface area contributed by atoms with Gasteiger partial charge in [-0.1, -0.05) is 29.8 Å². The second-order valence-electron chi connectivity index (χ2n) is 6.31. The number of nitrogens with one attached hydrogen (secondary N) is 1. The molecule has 4 aromatic rings. The predicted octanol–water partition coefficient (Wildman–Crippen LogP) is 3.67. The van der Waals surface area contributed by atoms with Crippen LogP contribution in [0.1, 0.15) is 18.7 Å². The Labute approximate surface area is 159 Å². The van der Waals surface area contributed by atoms with E-state index in [9.17, 15) is 9.59 Å². The van der Waals surface area contributed by atoms with E-state index in [2.05, 4.69) is 10.3 Å². The first-order valence-corrected chi connectivity index (χ1v) is 8.81. The molecule has 6 nitrogen and oxygen atoms in total. The van der Waals surface area contributed by atoms with Gasteiger partial charge in [0.1, 0.15) is 17.9 Å². The number of halogens is 1. The second kappa shape index (κ2) is 6.89. The third kappa shape index (κ3) is 3.44. The Morgan fingerprint density at radius 3 is 2.89 bits per heavy atom. The fourth-order valence-corrected chi connectivity index (χ4v) is 3.14. The van der Waals surface area contributed by atoms with Crippen molar-refractivity contribution in [2.45, 2.75) is 19.5 Å². The van der Waals surface area contributed by atoms with E-state index in [-0.39, 0.29) is 24.1 Å². The van der Waals surface area contributed by atoms with Crippen molar-refractivity contribution in [3.05, 3.63) is 76.0 Å². The molecule has 27 heavy (non-hydrogen) atoms. The minimum Gasteiger partial charge on any atom is -0.459 e. The predicted molar refractivity (Wildman–Crippen MR) is 104 cm³/mol. The van der Waals surface area contributed by atoms with Gasteiger partial charge in [-0.15, -0.1) is 0 Å². The number of carbonyl (C=O) groups is 1. The summed E-state index contributed by atoms with van der Waals surface area (Å²) < 4.78 is 7.03. The SMILES string of the molecule is C[C@@H](NC(=O)Cn1cnc2ccc(Cl)cc2c1=O)c1cc2ccccc2o1. The van der Waals surface area contributed by atoms with E-state index in [1.807, 2.05) is 37.3 Å². The molecule has 2 heterocycles. The van der Waals surface area contributed by atoms with Crippen LogP contribution in [0.15, 0.2) is 64.1 Å². The number of fused-ring (bicyclic) bond motifs is 2. The molecule has 1 amide bonds. The lowest BCUT2D eigenvalue weighted by Gasteiger charge is -2.12. The molecule has 1 atom stereocenters. The molecule has 0 fully saturated rings. The first-order valence-electron chi connectivity index (χ1n) is 8.44. The summed E-state index contributed by atoms with van der Waals surface area (Å²) in [6.45, 7) is 1.69. The molecule has 0 unspecified atom stereocenters. The summed E-state index contributed by atoms with van der Waals surface area (Å²) in [5.41, 5.74) is 0.992. The highest BCUT2D eigenvalue weighted by molar-refractivity contribution is 6.31. The van der Waals surface area contributed by atoms with Crippen molar-refractivity contribution in [2.75, 3.05) is 0 Å². The van der Waals surface area contributed by atoms with Crippen molar-refractivity contribution in [1.82, 2.24) is 14.9 Å². The lowest BCUT2D eigenvalue weighted by molar-refractivity contribution is -0.122. The summed E-state index contributed by atoms with van der Waals surface area (Å²) in [7, 11) is 0. The first kappa shape index (κ1) is 17.3. The smallest absolute Gasteiger partial charge is 0.261 e. The van der Waals surface area contributed by atoms with Gasteiger partial charge < -0.3 is 9.73 Å². The minimum absolute atomic E-state index is 0.140. The zero-order chi connectivity index (χ0) is 19.0. The van der Waals surface area contributed by atoms with E-state index >= 15 is 0 Å². The Balaban J connectivity index is 1.53. The van der Waals surface area contributed by atoms with E-state index in [0.717, 1.165) is 11.0 Å². The van der Waals surface area contributed by atoms with Crippen molar-refractivity contribution in [2.24, 2.45) is 0 Å². The number of hydrogen-bond donors (Lipinski definition) is 1. The van der Waals surface area contributed by atoms with Crippen LogP contribution in [-0.2, 0) is 11.3 Å². The molecular formula is C20H16ClN3O3. The molecule has 0 aliphatic carbocycles. The summed E-state index contributed by atoms with van der Waals surface area (Å²) in [5.74, 6) is 0.341. The standard InChI is InChI=1S/C20H16ClN3O3/c1-12(18-8-13-4-2-3-5-17(13)27-18)23-19(25)10-24-11-22-16-7-6-14(21)9-15(16)20(24)26/h2-9,11-12H,10H2,1H3,(H,23,25)/t12-/m1/s1. The second-order valence-corrected chi connectivity index (χ2v) is 6.75. The van der Waals surface area contributed by atoms with Gasteiger partial charge in [-0.05, 0) is 37.3 Å². The van der Waals surface area contributed by atoms with E-state index in [1.165, 1.54) is 10.9 Å². The molecule has 0 aliphatic rings. The monoisotopic (exact) mass is 381 g/mol. The fraction of sp³-hybridized carbons (Fsp3) is 0.150. The number of para-hydroxylation sites is 1. The van der Waals surface area contributed by atoms with Crippen LogP contribution < -0.4 is 10.9 Å². The summed E-state index contributed by atoms with van der Waals surface area (Å²) in [6, 6.07) is 14.1. The van der Waals surface area contributed by atoms with Crippen LogP contribution >= 0.6 is 11.6 Å². The summed E-state index contributed by atoms with van der Waals surface area (Å²) in [5, 5.41) is 4.64. The molecule has 136 valence electrons. The maximum absolute atomic E-state index is 12.6. The van der Waals surface area contributed by atoms with E-state index in [4.69, 9.17) is 16.0 Å². The number of amides is 1. The number of carbonyl (C=O) groups excluding carboxylic acids is 1. The minimum atomic E-state index is -0.330. The molecular weight excluding hydrogens is 366 g/mol. The van der Waals surface area contributed by atoms with Crippen LogP contribution in [0.2, 0.25) is 5.02 Å². The van der Waals surface area contributed by atoms with Crippen LogP contribution in [-0.4, -0.2) is 15.5 Å². The number of hydrogen-bond acceptors (Lipinski definition) is 4. The van der Waals surface area contributed by atoms with Crippen LogP contribution in [0.4, 0.5) is 0 Å². The Morgan fingerprint density at radius 2 is 2.07 bits per heavy atom. The van der Waals surface area contributed by atoms with E-state index in [1.54, 1.807) is 18.2 Å². The van der Waals surface area contributed by atoms with Crippen molar-refractivity contribution < 1.29 is 9.21 Å². The molecule has 1 N–H and O–H groups in total. The number of rotatable bonds is 4. The van der Waals surface area contributed by atoms with Crippen molar-refractivity contribution in [3.8, 4) is 0 Å². The Hall–Kier alpha value is -3.12. The third-order valence-corrected chi connectivity index (χ3v) is 4.58. The van der Waals surface area contributed by atoms with E-state index in [0.29, 0.717) is 21.7 Å². The zero-order valence-corrected chi connectivity index (χ0v) is 15.2. The molecule has 0 aliphatic heterocycles. The third-order valence-electron chi connectivity index (χ3n) is 4.35. The maximum atomic E-state index is 12.6. The lowest BCUT2D eigenvalue weighted by atomic mass is 10.2. The molecule has 0 bridgehead atoms. The number of nitrogens with zero attached hydrogens (tertiary/aromatic N) is 2. The van der Waals surface area contributed by atoms with E-state index < -0.39 is 0 Å². The topological polar surface area (TPSA) is 77.1 Å². The van der Waals surface area contributed by atoms with Gasteiger partial charge >= 0.3 is 0 Å². The molecule has 0 saturated heterocycles. The Morgan fingerprint density at radius 1 is 1.26 bits per heavy atom. The van der Waals surface area contributed by atoms with Crippen LogP contribution in [0.5, 0.6) is 0 Å². The Bertz CT molecular complexity index is 1180. The van der Waals surface area contributed by atoms with Crippen LogP contribution in [0.3, 0.4) is 0 Å². The van der Waals surface area contributed by atoms with Crippen molar-refractivity contribution in [1.29, 1.82) is 0 Å². The average Bonchev–Trinajstić information content (AvgIpc) is 3.09. The zero-order valence-electron chi connectivity index (χ0n) is 14.5. The Kier molecular flexibility index (Phi) is 4.41. The van der Waals surface area contributed by atoms with Gasteiger partial charge in [0.05, 0.1) is 23.3 Å². The first-order chi connectivity index (χ1) is 13.0. The van der Waals surface area contributed by atoms with Crippen LogP contribution in [0.25, 0.3) is 21.9 Å². The van der Waals surface area contributed by atoms with Gasteiger partial charge in [-0.25, -0.2) is 4.98 Å². The van der Waals surface area contributed by atoms with Gasteiger partial charge in [0.2, 0.25) is 5.91 Å². The highest BCUT2D eigenvalue weighted by Crippen LogP contribution is 2.23. The molecule has 0 saturated carbocycles. The lowest BCUT2D eigenvalue weighted by Crippen LogP contribution is -2.33. The normalized spacial score (nSPS) is 12.4. The van der Waals surface area contributed by atoms with Gasteiger partial charge in [0, 0.05) is 10.4 Å². The number of benzene rings is 2. The molecule has 7 heteroatoms. The molecule has 2 aromatic heterocycles. The van der Waals surface area contributed by atoms with Gasteiger partial charge in [0.15, 0.2) is 0 Å². The van der Waals surface area contributed by atoms with Crippen molar-refractivity contribution >= 4 is 39.4 Å².